The summed E-state index contributed by atoms with van der Waals surface area (Å²) in [5.74, 6) is -0.412. The highest BCUT2D eigenvalue weighted by Crippen LogP contribution is 2.27. The Balaban J connectivity index is 2.48. The summed E-state index contributed by atoms with van der Waals surface area (Å²) in [6.45, 7) is 0. The van der Waals surface area contributed by atoms with Crippen molar-refractivity contribution in [2.45, 2.75) is 6.18 Å². The zero-order valence-corrected chi connectivity index (χ0v) is 9.77. The van der Waals surface area contributed by atoms with Crippen molar-refractivity contribution < 1.29 is 18.0 Å². The first-order chi connectivity index (χ1) is 8.93. The maximum atomic E-state index is 12.5. The normalized spacial score (nSPS) is 11.4. The van der Waals surface area contributed by atoms with Gasteiger partial charge < -0.3 is 5.32 Å². The van der Waals surface area contributed by atoms with Crippen molar-refractivity contribution in [3.05, 3.63) is 41.9 Å². The molecular weight excluding hydrogens is 261 g/mol. The van der Waals surface area contributed by atoms with Gasteiger partial charge in [-0.05, 0) is 18.2 Å². The molecule has 2 rings (SSSR count). The number of alkyl halides is 3. The molecule has 0 radical (unpaired) electrons. The van der Waals surface area contributed by atoms with Crippen molar-refractivity contribution in [2.24, 2.45) is 0 Å². The van der Waals surface area contributed by atoms with Crippen molar-refractivity contribution in [3.8, 4) is 5.82 Å². The first-order valence-corrected chi connectivity index (χ1v) is 5.24. The van der Waals surface area contributed by atoms with Gasteiger partial charge >= 0.3 is 6.18 Å². The van der Waals surface area contributed by atoms with Crippen LogP contribution in [0.3, 0.4) is 0 Å². The third-order valence-corrected chi connectivity index (χ3v) is 2.35. The average Bonchev–Trinajstić information content (AvgIpc) is 2.87. The van der Waals surface area contributed by atoms with E-state index in [2.05, 4.69) is 15.4 Å². The monoisotopic (exact) mass is 270 g/mol. The van der Waals surface area contributed by atoms with E-state index in [1.807, 2.05) is 0 Å². The summed E-state index contributed by atoms with van der Waals surface area (Å²) in [7, 11) is 1.42. The first kappa shape index (κ1) is 13.1. The molecule has 8 heteroatoms. The van der Waals surface area contributed by atoms with Crippen LogP contribution >= 0.6 is 0 Å². The van der Waals surface area contributed by atoms with Crippen LogP contribution in [0.25, 0.3) is 5.82 Å². The molecule has 2 heterocycles. The van der Waals surface area contributed by atoms with Gasteiger partial charge in [-0.15, -0.1) is 0 Å². The van der Waals surface area contributed by atoms with Gasteiger partial charge in [0.2, 0.25) is 0 Å². The molecule has 1 amide bonds. The molecule has 0 aliphatic rings. The smallest absolute Gasteiger partial charge is 0.355 e. The van der Waals surface area contributed by atoms with E-state index in [1.54, 1.807) is 0 Å². The summed E-state index contributed by atoms with van der Waals surface area (Å²) >= 11 is 0. The molecule has 0 aliphatic heterocycles. The molecular formula is C11H9F3N4O. The molecule has 0 unspecified atom stereocenters. The first-order valence-electron chi connectivity index (χ1n) is 5.24. The van der Waals surface area contributed by atoms with Crippen LogP contribution in [-0.4, -0.2) is 27.7 Å². The highest BCUT2D eigenvalue weighted by molar-refractivity contribution is 5.96. The van der Waals surface area contributed by atoms with Gasteiger partial charge in [-0.25, -0.2) is 9.67 Å². The minimum atomic E-state index is -4.53. The van der Waals surface area contributed by atoms with E-state index in [0.717, 1.165) is 16.9 Å². The predicted molar refractivity (Wildman–Crippen MR) is 59.8 cm³/mol. The maximum Gasteiger partial charge on any atom is 0.435 e. The Morgan fingerprint density at radius 2 is 2.11 bits per heavy atom. The summed E-state index contributed by atoms with van der Waals surface area (Å²) < 4.78 is 38.3. The number of hydrogen-bond acceptors (Lipinski definition) is 3. The number of carbonyl (C=O) groups is 1. The number of aromatic nitrogens is 3. The van der Waals surface area contributed by atoms with E-state index in [9.17, 15) is 18.0 Å². The predicted octanol–water partition coefficient (Wildman–Crippen LogP) is 1.65. The fourth-order valence-electron chi connectivity index (χ4n) is 1.48. The minimum Gasteiger partial charge on any atom is -0.355 e. The third-order valence-electron chi connectivity index (χ3n) is 2.35. The number of nitrogens with zero attached hydrogens (tertiary/aromatic N) is 3. The van der Waals surface area contributed by atoms with Gasteiger partial charge in [-0.1, -0.05) is 0 Å². The lowest BCUT2D eigenvalue weighted by atomic mass is 10.2. The Bertz CT molecular complexity index is 606. The van der Waals surface area contributed by atoms with E-state index < -0.39 is 17.8 Å². The Labute approximate surface area is 106 Å². The second kappa shape index (κ2) is 4.71. The van der Waals surface area contributed by atoms with E-state index in [1.165, 1.54) is 25.4 Å². The molecule has 100 valence electrons. The quantitative estimate of drug-likeness (QED) is 0.902. The summed E-state index contributed by atoms with van der Waals surface area (Å²) in [6.07, 6.45) is -2.05. The molecule has 0 fully saturated rings. The van der Waals surface area contributed by atoms with Crippen LogP contribution in [-0.2, 0) is 6.18 Å². The van der Waals surface area contributed by atoms with Gasteiger partial charge in [0.05, 0.1) is 5.56 Å². The van der Waals surface area contributed by atoms with E-state index in [4.69, 9.17) is 0 Å². The molecule has 5 nitrogen and oxygen atoms in total. The average molecular weight is 270 g/mol. The molecule has 0 atom stereocenters. The fourth-order valence-corrected chi connectivity index (χ4v) is 1.48. The van der Waals surface area contributed by atoms with Crippen molar-refractivity contribution in [1.82, 2.24) is 20.1 Å². The van der Waals surface area contributed by atoms with Gasteiger partial charge in [0.25, 0.3) is 5.91 Å². The number of amides is 1. The Morgan fingerprint density at radius 3 is 2.68 bits per heavy atom. The van der Waals surface area contributed by atoms with E-state index in [0.29, 0.717) is 0 Å². The van der Waals surface area contributed by atoms with Crippen molar-refractivity contribution in [1.29, 1.82) is 0 Å². The minimum absolute atomic E-state index is 0.0392. The number of nitrogens with one attached hydrogen (secondary N) is 1. The van der Waals surface area contributed by atoms with Crippen LogP contribution in [0.1, 0.15) is 16.1 Å². The zero-order chi connectivity index (χ0) is 14.0. The summed E-state index contributed by atoms with van der Waals surface area (Å²) in [5.41, 5.74) is -0.900. The molecule has 1 N–H and O–H groups in total. The van der Waals surface area contributed by atoms with Gasteiger partial charge in [0, 0.05) is 19.4 Å². The Morgan fingerprint density at radius 1 is 1.37 bits per heavy atom. The van der Waals surface area contributed by atoms with Crippen molar-refractivity contribution in [2.75, 3.05) is 7.05 Å². The lowest BCUT2D eigenvalue weighted by molar-refractivity contribution is -0.141. The summed E-state index contributed by atoms with van der Waals surface area (Å²) in [4.78, 5) is 15.5. The Kier molecular flexibility index (Phi) is 3.24. The number of halogens is 3. The number of rotatable bonds is 2. The molecule has 0 aromatic carbocycles. The highest BCUT2D eigenvalue weighted by Gasteiger charge is 2.34. The fraction of sp³-hybridized carbons (Fsp3) is 0.182. The van der Waals surface area contributed by atoms with Gasteiger partial charge in [0.1, 0.15) is 0 Å². The lowest BCUT2D eigenvalue weighted by Crippen LogP contribution is -2.21. The van der Waals surface area contributed by atoms with Crippen LogP contribution in [0, 0.1) is 0 Å². The van der Waals surface area contributed by atoms with Gasteiger partial charge in [-0.3, -0.25) is 4.79 Å². The molecule has 0 saturated heterocycles. The zero-order valence-electron chi connectivity index (χ0n) is 9.77. The molecule has 2 aromatic rings. The maximum absolute atomic E-state index is 12.5. The van der Waals surface area contributed by atoms with Crippen LogP contribution in [0.2, 0.25) is 0 Å². The SMILES string of the molecule is CNC(=O)c1cccnc1-n1ccc(C(F)(F)F)n1. The number of pyridine rings is 1. The number of hydrogen-bond donors (Lipinski definition) is 1. The molecule has 0 saturated carbocycles. The van der Waals surface area contributed by atoms with E-state index >= 15 is 0 Å². The standard InChI is InChI=1S/C11H9F3N4O/c1-15-10(19)7-3-2-5-16-9(7)18-6-4-8(17-18)11(12,13)14/h2-6H,1H3,(H,15,19). The largest absolute Gasteiger partial charge is 0.435 e. The van der Waals surface area contributed by atoms with Crippen molar-refractivity contribution in [3.63, 3.8) is 0 Å². The second-order valence-electron chi connectivity index (χ2n) is 3.60. The summed E-state index contributed by atoms with van der Waals surface area (Å²) in [5, 5.41) is 5.76. The van der Waals surface area contributed by atoms with Gasteiger partial charge in [-0.2, -0.15) is 18.3 Å². The van der Waals surface area contributed by atoms with E-state index in [-0.39, 0.29) is 11.4 Å². The highest BCUT2D eigenvalue weighted by atomic mass is 19.4. The van der Waals surface area contributed by atoms with Crippen LogP contribution in [0.15, 0.2) is 30.6 Å². The van der Waals surface area contributed by atoms with Gasteiger partial charge in [0.15, 0.2) is 11.5 Å². The lowest BCUT2D eigenvalue weighted by Gasteiger charge is -2.07. The topological polar surface area (TPSA) is 59.8 Å². The molecule has 2 aromatic heterocycles. The van der Waals surface area contributed by atoms with Crippen molar-refractivity contribution >= 4 is 5.91 Å². The molecule has 0 bridgehead atoms. The second-order valence-corrected chi connectivity index (χ2v) is 3.60. The molecule has 0 aliphatic carbocycles. The van der Waals surface area contributed by atoms with Crippen LogP contribution in [0.4, 0.5) is 13.2 Å². The summed E-state index contributed by atoms with van der Waals surface area (Å²) in [6, 6.07) is 3.79. The van der Waals surface area contributed by atoms with Crippen LogP contribution < -0.4 is 5.32 Å². The molecule has 19 heavy (non-hydrogen) atoms. The number of carbonyl (C=O) groups excluding carboxylic acids is 1. The third kappa shape index (κ3) is 2.56. The van der Waals surface area contributed by atoms with Crippen LogP contribution in [0.5, 0.6) is 0 Å². The molecule has 0 spiro atoms. The Hall–Kier alpha value is -2.38.